The number of aromatic carboxylic acids is 1. The van der Waals surface area contributed by atoms with Crippen molar-refractivity contribution in [3.05, 3.63) is 85.6 Å². The summed E-state index contributed by atoms with van der Waals surface area (Å²) in [6.45, 7) is 2.23. The van der Waals surface area contributed by atoms with E-state index < -0.39 is 17.7 Å². The number of ether oxygens (including phenoxy) is 1. The maximum Gasteiger partial charge on any atom is 0.356 e. The Bertz CT molecular complexity index is 1090. The lowest BCUT2D eigenvalue weighted by atomic mass is 9.87. The number of imidazole rings is 1. The van der Waals surface area contributed by atoms with Gasteiger partial charge >= 0.3 is 5.97 Å². The molecule has 0 saturated carbocycles. The van der Waals surface area contributed by atoms with Gasteiger partial charge in [0.15, 0.2) is 10.4 Å². The summed E-state index contributed by atoms with van der Waals surface area (Å²) in [5.74, 6) is -2.24. The monoisotopic (exact) mass is 528 g/mol. The number of rotatable bonds is 8. The summed E-state index contributed by atoms with van der Waals surface area (Å²) >= 11 is 15.4. The molecule has 0 aliphatic heterocycles. The molecule has 9 heteroatoms. The maximum atomic E-state index is 14.8. The highest BCUT2D eigenvalue weighted by molar-refractivity contribution is 9.10. The number of carbonyl (C=O) groups is 1. The average Bonchev–Trinajstić information content (AvgIpc) is 3.07. The molecule has 1 unspecified atom stereocenters. The number of methoxy groups -OCH3 is 1. The van der Waals surface area contributed by atoms with Gasteiger partial charge in [-0.15, -0.1) is 0 Å². The van der Waals surface area contributed by atoms with Gasteiger partial charge in [-0.3, -0.25) is 0 Å². The number of carboxylic acid groups (broad SMARTS) is 1. The summed E-state index contributed by atoms with van der Waals surface area (Å²) in [4.78, 5) is 16.3. The highest BCUT2D eigenvalue weighted by atomic mass is 79.9. The number of benzene rings is 2. The van der Waals surface area contributed by atoms with Gasteiger partial charge in [-0.1, -0.05) is 47.5 Å². The topological polar surface area (TPSA) is 64.4 Å². The van der Waals surface area contributed by atoms with Crippen molar-refractivity contribution < 1.29 is 19.0 Å². The molecule has 0 aliphatic carbocycles. The van der Waals surface area contributed by atoms with Crippen LogP contribution in [0.2, 0.25) is 10.0 Å². The van der Waals surface area contributed by atoms with Gasteiger partial charge in [0.1, 0.15) is 5.82 Å². The van der Waals surface area contributed by atoms with Crippen molar-refractivity contribution in [1.82, 2.24) is 9.55 Å². The molecule has 1 heterocycles. The van der Waals surface area contributed by atoms with Gasteiger partial charge in [0.2, 0.25) is 0 Å². The van der Waals surface area contributed by atoms with Crippen LogP contribution in [-0.4, -0.2) is 34.3 Å². The lowest BCUT2D eigenvalue weighted by molar-refractivity contribution is 0.0688. The first kappa shape index (κ1) is 23.7. The number of carboxylic acids is 1. The summed E-state index contributed by atoms with van der Waals surface area (Å²) in [5.41, 5.74) is 1.46. The molecule has 0 saturated heterocycles. The fourth-order valence-corrected chi connectivity index (χ4v) is 4.67. The largest absolute Gasteiger partial charge is 0.476 e. The molecular weight excluding hydrogens is 510 g/mol. The lowest BCUT2D eigenvalue weighted by Gasteiger charge is -2.24. The molecule has 0 aliphatic rings. The third-order valence-corrected chi connectivity index (χ3v) is 6.12. The van der Waals surface area contributed by atoms with Crippen molar-refractivity contribution in [3.63, 3.8) is 0 Å². The Hall–Kier alpha value is -1.93. The molecule has 0 amide bonds. The molecule has 1 N–H and O–H groups in total. The van der Waals surface area contributed by atoms with E-state index in [4.69, 9.17) is 27.9 Å². The van der Waals surface area contributed by atoms with Gasteiger partial charge < -0.3 is 14.4 Å². The summed E-state index contributed by atoms with van der Waals surface area (Å²) < 4.78 is 22.2. The molecule has 0 spiro atoms. The minimum Gasteiger partial charge on any atom is -0.476 e. The Morgan fingerprint density at radius 1 is 1.26 bits per heavy atom. The van der Waals surface area contributed by atoms with E-state index in [0.717, 1.165) is 5.56 Å². The predicted molar refractivity (Wildman–Crippen MR) is 122 cm³/mol. The molecule has 2 aromatic carbocycles. The van der Waals surface area contributed by atoms with E-state index >= 15 is 0 Å². The zero-order valence-corrected chi connectivity index (χ0v) is 19.9. The molecule has 3 rings (SSSR count). The van der Waals surface area contributed by atoms with Gasteiger partial charge in [0.25, 0.3) is 0 Å². The van der Waals surface area contributed by atoms with Crippen LogP contribution in [0.15, 0.2) is 47.2 Å². The van der Waals surface area contributed by atoms with Gasteiger partial charge in [0, 0.05) is 18.1 Å². The average molecular weight is 530 g/mol. The third-order valence-electron chi connectivity index (χ3n) is 5.01. The zero-order chi connectivity index (χ0) is 22.7. The van der Waals surface area contributed by atoms with Crippen molar-refractivity contribution in [3.8, 4) is 0 Å². The van der Waals surface area contributed by atoms with Crippen LogP contribution in [0.3, 0.4) is 0 Å². The van der Waals surface area contributed by atoms with Crippen LogP contribution in [0.25, 0.3) is 0 Å². The Kier molecular flexibility index (Phi) is 7.75. The van der Waals surface area contributed by atoms with Crippen LogP contribution < -0.4 is 0 Å². The van der Waals surface area contributed by atoms with Crippen LogP contribution in [0.4, 0.5) is 4.39 Å². The Morgan fingerprint density at radius 3 is 2.55 bits per heavy atom. The van der Waals surface area contributed by atoms with Crippen LogP contribution in [-0.2, 0) is 11.2 Å². The van der Waals surface area contributed by atoms with Gasteiger partial charge in [-0.25, -0.2) is 14.2 Å². The second-order valence-electron chi connectivity index (χ2n) is 7.12. The zero-order valence-electron chi connectivity index (χ0n) is 16.8. The first-order chi connectivity index (χ1) is 14.7. The van der Waals surface area contributed by atoms with Crippen molar-refractivity contribution in [2.75, 3.05) is 13.7 Å². The van der Waals surface area contributed by atoms with Crippen LogP contribution in [0, 0.1) is 5.82 Å². The summed E-state index contributed by atoms with van der Waals surface area (Å²) in [6, 6.07) is 11.6. The summed E-state index contributed by atoms with van der Waals surface area (Å²) in [6.07, 6.45) is 0.173. The Morgan fingerprint density at radius 2 is 1.94 bits per heavy atom. The molecule has 0 bridgehead atoms. The van der Waals surface area contributed by atoms with E-state index in [1.807, 2.05) is 6.92 Å². The lowest BCUT2D eigenvalue weighted by Crippen LogP contribution is -2.20. The quantitative estimate of drug-likeness (QED) is 0.368. The van der Waals surface area contributed by atoms with Crippen molar-refractivity contribution in [1.29, 1.82) is 0 Å². The van der Waals surface area contributed by atoms with E-state index in [1.165, 1.54) is 6.07 Å². The van der Waals surface area contributed by atoms with E-state index in [1.54, 1.807) is 48.1 Å². The van der Waals surface area contributed by atoms with Crippen LogP contribution >= 0.6 is 39.1 Å². The number of halogens is 4. The van der Waals surface area contributed by atoms with Gasteiger partial charge in [-0.05, 0) is 58.6 Å². The van der Waals surface area contributed by atoms with Crippen molar-refractivity contribution in [2.24, 2.45) is 0 Å². The van der Waals surface area contributed by atoms with E-state index in [-0.39, 0.29) is 23.2 Å². The second kappa shape index (κ2) is 10.1. The smallest absolute Gasteiger partial charge is 0.356 e. The second-order valence-corrected chi connectivity index (χ2v) is 8.67. The minimum atomic E-state index is -1.18. The highest BCUT2D eigenvalue weighted by Crippen LogP contribution is 2.37. The standard InChI is InChI=1S/C22H20BrCl2FN2O3/c1-12(11-31-2)28-20(19(21(29)30)27-22(28)23)16(13-6-8-15(24)9-7-13)10-14-4-3-5-17(25)18(14)26/h3-9,12,16H,10-11H2,1-2H3,(H,29,30)/t12-,16?/m1/s1. The van der Waals surface area contributed by atoms with Crippen molar-refractivity contribution in [2.45, 2.75) is 25.3 Å². The van der Waals surface area contributed by atoms with E-state index in [9.17, 15) is 14.3 Å². The van der Waals surface area contributed by atoms with E-state index in [0.29, 0.717) is 27.6 Å². The SMILES string of the molecule is COC[C@@H](C)n1c(Br)nc(C(=O)O)c1C(Cc1cccc(Cl)c1F)c1ccc(Cl)cc1. The normalized spacial score (nSPS) is 13.2. The first-order valence-corrected chi connectivity index (χ1v) is 11.0. The van der Waals surface area contributed by atoms with Crippen LogP contribution in [0.1, 0.15) is 46.2 Å². The number of hydrogen-bond acceptors (Lipinski definition) is 3. The molecular formula is C22H20BrCl2FN2O3. The molecule has 31 heavy (non-hydrogen) atoms. The minimum absolute atomic E-state index is 0.00764. The Labute approximate surface area is 197 Å². The number of hydrogen-bond donors (Lipinski definition) is 1. The summed E-state index contributed by atoms with van der Waals surface area (Å²) in [7, 11) is 1.57. The molecule has 164 valence electrons. The fourth-order valence-electron chi connectivity index (χ4n) is 3.64. The molecule has 3 aromatic rings. The van der Waals surface area contributed by atoms with Gasteiger partial charge in [-0.2, -0.15) is 0 Å². The third kappa shape index (κ3) is 5.12. The van der Waals surface area contributed by atoms with Crippen molar-refractivity contribution >= 4 is 45.1 Å². The molecule has 0 radical (unpaired) electrons. The molecule has 1 aromatic heterocycles. The molecule has 0 fully saturated rings. The van der Waals surface area contributed by atoms with Crippen LogP contribution in [0.5, 0.6) is 0 Å². The Balaban J connectivity index is 2.25. The summed E-state index contributed by atoms with van der Waals surface area (Å²) in [5, 5.41) is 10.4. The fraction of sp³-hybridized carbons (Fsp3) is 0.273. The van der Waals surface area contributed by atoms with Gasteiger partial charge in [0.05, 0.1) is 23.4 Å². The van der Waals surface area contributed by atoms with E-state index in [2.05, 4.69) is 20.9 Å². The maximum absolute atomic E-state index is 14.8. The first-order valence-electron chi connectivity index (χ1n) is 9.42. The predicted octanol–water partition coefficient (Wildman–Crippen LogP) is 6.37. The highest BCUT2D eigenvalue weighted by Gasteiger charge is 2.31. The number of aromatic nitrogens is 2. The molecule has 5 nitrogen and oxygen atoms in total. The molecule has 2 atom stereocenters. The number of nitrogens with zero attached hydrogens (tertiary/aromatic N) is 2.